The second-order valence-corrected chi connectivity index (χ2v) is 30.3. The van der Waals surface area contributed by atoms with Crippen LogP contribution >= 0.6 is 0 Å². The molecule has 1 unspecified atom stereocenters. The van der Waals surface area contributed by atoms with E-state index in [1.54, 1.807) is 12.1 Å². The molecule has 0 fully saturated rings. The maximum absolute atomic E-state index is 15.7. The fraction of sp³-hybridized carbons (Fsp3) is 0.298. The molecule has 0 aromatic heterocycles. The van der Waals surface area contributed by atoms with Crippen LogP contribution in [0.3, 0.4) is 0 Å². The van der Waals surface area contributed by atoms with Crippen LogP contribution in [0.2, 0.25) is 0 Å². The Kier molecular flexibility index (Phi) is 7.21. The van der Waals surface area contributed by atoms with Crippen molar-refractivity contribution in [2.75, 3.05) is 0 Å². The minimum absolute atomic E-state index is 0.0418. The average Bonchev–Trinajstić information content (AvgIpc) is 3.80. The van der Waals surface area contributed by atoms with Gasteiger partial charge in [0.25, 0.3) is 0 Å². The summed E-state index contributed by atoms with van der Waals surface area (Å²) in [4.78, 5) is 0. The molecule has 4 aromatic rings. The first-order valence-electron chi connectivity index (χ1n) is 18.2. The maximum atomic E-state index is 15.7. The Morgan fingerprint density at radius 2 is 1.36 bits per heavy atom. The van der Waals surface area contributed by atoms with Gasteiger partial charge in [0, 0.05) is 0 Å². The molecule has 0 amide bonds. The molecule has 50 heavy (non-hydrogen) atoms. The van der Waals surface area contributed by atoms with E-state index in [4.69, 9.17) is 4.21 Å². The normalized spacial score (nSPS) is 19.8. The van der Waals surface area contributed by atoms with Gasteiger partial charge in [-0.1, -0.05) is 0 Å². The molecule has 8 rings (SSSR count). The summed E-state index contributed by atoms with van der Waals surface area (Å²) in [5.74, 6) is -0.462. The fourth-order valence-corrected chi connectivity index (χ4v) is 28.1. The van der Waals surface area contributed by atoms with Crippen LogP contribution in [0.1, 0.15) is 95.2 Å². The van der Waals surface area contributed by atoms with Gasteiger partial charge in [0.15, 0.2) is 0 Å². The van der Waals surface area contributed by atoms with Crippen LogP contribution in [-0.4, -0.2) is 4.21 Å². The number of halogens is 2. The summed E-state index contributed by atoms with van der Waals surface area (Å²) in [6, 6.07) is 24.0. The van der Waals surface area contributed by atoms with E-state index in [2.05, 4.69) is 122 Å². The van der Waals surface area contributed by atoms with E-state index < -0.39 is 23.7 Å². The van der Waals surface area contributed by atoms with Crippen molar-refractivity contribution < 1.29 is 27.1 Å². The van der Waals surface area contributed by atoms with Crippen molar-refractivity contribution in [1.29, 1.82) is 0 Å². The van der Waals surface area contributed by atoms with Crippen molar-refractivity contribution >= 4 is 22.9 Å². The van der Waals surface area contributed by atoms with E-state index >= 15 is 8.78 Å². The van der Waals surface area contributed by atoms with Crippen LogP contribution < -0.4 is 6.54 Å². The van der Waals surface area contributed by atoms with Gasteiger partial charge in [-0.3, -0.25) is 0 Å². The van der Waals surface area contributed by atoms with Gasteiger partial charge in [-0.25, -0.2) is 0 Å². The zero-order valence-corrected chi connectivity index (χ0v) is 33.2. The zero-order valence-electron chi connectivity index (χ0n) is 30.8. The van der Waals surface area contributed by atoms with Crippen LogP contribution in [0, 0.1) is 23.0 Å². The Balaban J connectivity index is 1.44. The summed E-state index contributed by atoms with van der Waals surface area (Å²) in [7, 11) is 0. The third-order valence-electron chi connectivity index (χ3n) is 12.8. The summed E-state index contributed by atoms with van der Waals surface area (Å²) in [5, 5.41) is 0. The first-order valence-corrected chi connectivity index (χ1v) is 24.9. The first kappa shape index (κ1) is 33.6. The first-order chi connectivity index (χ1) is 23.5. The van der Waals surface area contributed by atoms with Gasteiger partial charge < -0.3 is 0 Å². The third kappa shape index (κ3) is 4.51. The third-order valence-corrected chi connectivity index (χ3v) is 29.8. The number of benzene rings is 4. The van der Waals surface area contributed by atoms with E-state index in [-0.39, 0.29) is 28.4 Å². The van der Waals surface area contributed by atoms with Crippen LogP contribution in [0.5, 0.6) is 0 Å². The molecular formula is C47H48F2Zr. The van der Waals surface area contributed by atoms with Gasteiger partial charge in [0.05, 0.1) is 0 Å². The molecule has 1 atom stereocenters. The van der Waals surface area contributed by atoms with Gasteiger partial charge in [-0.2, -0.15) is 0 Å². The summed E-state index contributed by atoms with van der Waals surface area (Å²) >= 11 is -5.43. The molecular weight excluding hydrogens is 694 g/mol. The summed E-state index contributed by atoms with van der Waals surface area (Å²) in [6.45, 7) is 18.2. The van der Waals surface area contributed by atoms with Gasteiger partial charge in [0.2, 0.25) is 0 Å². The minimum atomic E-state index is -5.43. The molecule has 0 nitrogen and oxygen atoms in total. The Hall–Kier alpha value is -3.55. The predicted molar refractivity (Wildman–Crippen MR) is 206 cm³/mol. The van der Waals surface area contributed by atoms with Crippen molar-refractivity contribution in [2.45, 2.75) is 79.1 Å². The fourth-order valence-electron chi connectivity index (χ4n) is 10.0. The van der Waals surface area contributed by atoms with Crippen molar-refractivity contribution in [1.82, 2.24) is 0 Å². The van der Waals surface area contributed by atoms with Crippen molar-refractivity contribution in [3.05, 3.63) is 148 Å². The monoisotopic (exact) mass is 740 g/mol. The topological polar surface area (TPSA) is 0 Å². The quantitative estimate of drug-likeness (QED) is 0.168. The summed E-state index contributed by atoms with van der Waals surface area (Å²) in [5.41, 5.74) is 11.3. The molecule has 0 heterocycles. The van der Waals surface area contributed by atoms with E-state index in [1.165, 1.54) is 68.8 Å². The molecule has 0 saturated heterocycles. The molecule has 4 aromatic carbocycles. The van der Waals surface area contributed by atoms with E-state index in [0.29, 0.717) is 0 Å². The van der Waals surface area contributed by atoms with E-state index in [0.717, 1.165) is 19.4 Å². The second kappa shape index (κ2) is 10.7. The van der Waals surface area contributed by atoms with Crippen LogP contribution in [0.15, 0.2) is 103 Å². The van der Waals surface area contributed by atoms with Gasteiger partial charge in [0.1, 0.15) is 0 Å². The number of hydrogen-bond donors (Lipinski definition) is 0. The Labute approximate surface area is 298 Å². The Morgan fingerprint density at radius 3 is 1.92 bits per heavy atom. The standard InChI is InChI=1S/C23H21.C11H17.2C6H4F.CH2.Zr/c1-22(2)7-5-14-10-18-16(12-20(14)22)9-17-13-21-15(11-19(17)18)6-8-23(21,3)4;1-5-9-6-7-10(8-9)11(2,3)4;2*7-6-4-2-1-3-5-6;;/h5-7,10-13H,9H2,1-4H3;7-9H,5H2,1-4H3;2*1-2,4-5H;1H2;. The predicted octanol–water partition coefficient (Wildman–Crippen LogP) is 11.1. The number of fused-ring (bicyclic) bond motifs is 5. The zero-order chi connectivity index (χ0) is 35.6. The van der Waals surface area contributed by atoms with Crippen LogP contribution in [-0.2, 0) is 35.5 Å². The van der Waals surface area contributed by atoms with Crippen molar-refractivity contribution in [2.24, 2.45) is 11.3 Å². The van der Waals surface area contributed by atoms with Gasteiger partial charge in [-0.15, -0.1) is 0 Å². The molecule has 3 heteroatoms. The Bertz CT molecular complexity index is 2300. The molecule has 254 valence electrons. The molecule has 4 aliphatic carbocycles. The number of rotatable bonds is 5. The van der Waals surface area contributed by atoms with Crippen LogP contribution in [0.4, 0.5) is 8.78 Å². The van der Waals surface area contributed by atoms with Crippen molar-refractivity contribution in [3.8, 4) is 11.1 Å². The van der Waals surface area contributed by atoms with Gasteiger partial charge >= 0.3 is 300 Å². The SMILES string of the molecule is [CH2]=[Zr]([C]1=CC(C(C)(C)C)=CC1CC)([C]1=Cc2cc3c(cc2C1(C)C)Cc1cc2c(cc1-3)C=CC2(C)C)([c]1cccc(F)c1)[c]1cccc(F)c1. The number of allylic oxidation sites excluding steroid dienone is 6. The van der Waals surface area contributed by atoms with Gasteiger partial charge in [-0.05, 0) is 0 Å². The molecule has 0 saturated carbocycles. The van der Waals surface area contributed by atoms with Crippen LogP contribution in [0.25, 0.3) is 23.3 Å². The molecule has 0 spiro atoms. The summed E-state index contributed by atoms with van der Waals surface area (Å²) < 4.78 is 41.2. The van der Waals surface area contributed by atoms with E-state index in [9.17, 15) is 0 Å². The molecule has 0 N–H and O–H groups in total. The molecule has 4 aliphatic rings. The summed E-state index contributed by atoms with van der Waals surface area (Å²) in [6.07, 6.45) is 13.6. The molecule has 0 bridgehead atoms. The average molecular weight is 742 g/mol. The number of hydrogen-bond acceptors (Lipinski definition) is 0. The Morgan fingerprint density at radius 1 is 0.780 bits per heavy atom. The van der Waals surface area contributed by atoms with Crippen molar-refractivity contribution in [3.63, 3.8) is 0 Å². The molecule has 0 radical (unpaired) electrons. The molecule has 0 aliphatic heterocycles. The second-order valence-electron chi connectivity index (χ2n) is 17.6. The van der Waals surface area contributed by atoms with E-state index in [1.807, 2.05) is 12.1 Å².